The zero-order chi connectivity index (χ0) is 17.8. The number of aromatic nitrogens is 2. The van der Waals surface area contributed by atoms with E-state index in [2.05, 4.69) is 10.4 Å². The maximum Gasteiger partial charge on any atom is 0.261 e. The number of hydrogen-bond acceptors (Lipinski definition) is 4. The molecule has 0 fully saturated rings. The Balaban J connectivity index is 1.71. The summed E-state index contributed by atoms with van der Waals surface area (Å²) in [5.41, 5.74) is 10.2. The van der Waals surface area contributed by atoms with Crippen molar-refractivity contribution in [3.05, 3.63) is 64.0 Å². The van der Waals surface area contributed by atoms with Gasteiger partial charge in [-0.2, -0.15) is 5.10 Å². The molecule has 1 aromatic carbocycles. The predicted molar refractivity (Wildman–Crippen MR) is 102 cm³/mol. The molecule has 0 bridgehead atoms. The van der Waals surface area contributed by atoms with Crippen LogP contribution in [0.3, 0.4) is 0 Å². The maximum atomic E-state index is 12.6. The van der Waals surface area contributed by atoms with Crippen molar-refractivity contribution >= 4 is 17.2 Å². The lowest BCUT2D eigenvalue weighted by Crippen LogP contribution is -2.41. The van der Waals surface area contributed by atoms with E-state index in [4.69, 9.17) is 5.73 Å². The van der Waals surface area contributed by atoms with E-state index >= 15 is 0 Å². The Hall–Kier alpha value is -2.44. The zero-order valence-electron chi connectivity index (χ0n) is 14.4. The number of nitrogens with zero attached hydrogens (tertiary/aromatic N) is 2. The lowest BCUT2D eigenvalue weighted by atomic mass is 10.1. The second-order valence-electron chi connectivity index (χ2n) is 6.10. The van der Waals surface area contributed by atoms with Crippen LogP contribution in [0.4, 0.5) is 0 Å². The summed E-state index contributed by atoms with van der Waals surface area (Å²) in [5, 5.41) is 9.30. The van der Waals surface area contributed by atoms with Gasteiger partial charge in [-0.05, 0) is 30.5 Å². The average Bonchev–Trinajstić information content (AvgIpc) is 3.22. The molecule has 6 heteroatoms. The number of nitrogens with two attached hydrogens (primary N) is 1. The summed E-state index contributed by atoms with van der Waals surface area (Å²) in [6.45, 7) is 2.42. The Labute approximate surface area is 151 Å². The molecule has 1 atom stereocenters. The number of aryl methyl sites for hydroxylation is 2. The second-order valence-corrected chi connectivity index (χ2v) is 7.01. The molecule has 2 aromatic heterocycles. The van der Waals surface area contributed by atoms with E-state index < -0.39 is 0 Å². The van der Waals surface area contributed by atoms with Gasteiger partial charge in [0.15, 0.2) is 0 Å². The zero-order valence-corrected chi connectivity index (χ0v) is 15.2. The number of amides is 1. The van der Waals surface area contributed by atoms with Crippen molar-refractivity contribution in [2.45, 2.75) is 19.4 Å². The number of hydrogen-bond donors (Lipinski definition) is 2. The Morgan fingerprint density at radius 3 is 2.76 bits per heavy atom. The summed E-state index contributed by atoms with van der Waals surface area (Å²) in [4.78, 5) is 13.3. The largest absolute Gasteiger partial charge is 0.347 e. The first-order valence-corrected chi connectivity index (χ1v) is 9.08. The summed E-state index contributed by atoms with van der Waals surface area (Å²) < 4.78 is 1.83. The summed E-state index contributed by atoms with van der Waals surface area (Å²) in [7, 11) is 1.91. The highest BCUT2D eigenvalue weighted by molar-refractivity contribution is 7.12. The molecular weight excluding hydrogens is 332 g/mol. The molecule has 3 N–H and O–H groups in total. The molecule has 25 heavy (non-hydrogen) atoms. The molecule has 3 rings (SSSR count). The molecule has 130 valence electrons. The van der Waals surface area contributed by atoms with Crippen LogP contribution in [-0.2, 0) is 13.5 Å². The van der Waals surface area contributed by atoms with Crippen molar-refractivity contribution in [2.24, 2.45) is 12.8 Å². The van der Waals surface area contributed by atoms with Crippen molar-refractivity contribution in [3.8, 4) is 11.3 Å². The first-order valence-electron chi connectivity index (χ1n) is 8.21. The van der Waals surface area contributed by atoms with Gasteiger partial charge >= 0.3 is 0 Å². The van der Waals surface area contributed by atoms with Gasteiger partial charge in [-0.15, -0.1) is 11.3 Å². The fraction of sp³-hybridized carbons (Fsp3) is 0.263. The number of thiophene rings is 1. The third kappa shape index (κ3) is 3.97. The van der Waals surface area contributed by atoms with Crippen LogP contribution in [0.1, 0.15) is 20.8 Å². The third-order valence-corrected chi connectivity index (χ3v) is 5.09. The molecule has 1 unspecified atom stereocenters. The van der Waals surface area contributed by atoms with Crippen LogP contribution in [0.5, 0.6) is 0 Å². The van der Waals surface area contributed by atoms with E-state index in [1.165, 1.54) is 11.3 Å². The molecule has 0 saturated heterocycles. The number of rotatable bonds is 6. The molecule has 1 amide bonds. The van der Waals surface area contributed by atoms with Gasteiger partial charge in [0.2, 0.25) is 0 Å². The first-order chi connectivity index (χ1) is 12.1. The van der Waals surface area contributed by atoms with Gasteiger partial charge in [0.25, 0.3) is 5.91 Å². The van der Waals surface area contributed by atoms with E-state index in [-0.39, 0.29) is 11.9 Å². The number of carbonyl (C=O) groups is 1. The number of carbonyl (C=O) groups excluding carboxylic acids is 1. The van der Waals surface area contributed by atoms with Crippen LogP contribution in [0.15, 0.2) is 48.0 Å². The normalized spacial score (nSPS) is 12.1. The van der Waals surface area contributed by atoms with E-state index in [1.807, 2.05) is 66.6 Å². The van der Waals surface area contributed by atoms with Crippen LogP contribution in [0.2, 0.25) is 0 Å². The van der Waals surface area contributed by atoms with E-state index in [0.717, 1.165) is 28.8 Å². The lowest BCUT2D eigenvalue weighted by Gasteiger charge is -2.16. The minimum absolute atomic E-state index is 0.0811. The van der Waals surface area contributed by atoms with Crippen molar-refractivity contribution in [2.75, 3.05) is 6.54 Å². The molecule has 5 nitrogen and oxygen atoms in total. The van der Waals surface area contributed by atoms with Gasteiger partial charge in [-0.3, -0.25) is 9.48 Å². The van der Waals surface area contributed by atoms with Gasteiger partial charge in [0, 0.05) is 30.6 Å². The highest BCUT2D eigenvalue weighted by Gasteiger charge is 2.17. The summed E-state index contributed by atoms with van der Waals surface area (Å²) in [6.07, 6.45) is 2.55. The molecule has 0 saturated carbocycles. The van der Waals surface area contributed by atoms with Gasteiger partial charge in [-0.25, -0.2) is 0 Å². The molecule has 0 radical (unpaired) electrons. The molecular formula is C19H22N4OS. The Morgan fingerprint density at radius 1 is 1.36 bits per heavy atom. The van der Waals surface area contributed by atoms with Crippen molar-refractivity contribution < 1.29 is 4.79 Å². The standard InChI is InChI=1S/C19H22N4OS/c1-13-11-21-23(2)18(13)15-9-17(25-12-15)19(24)22-16(10-20)8-14-6-4-3-5-7-14/h3-7,9,11-12,16H,8,10,20H2,1-2H3,(H,22,24). The fourth-order valence-electron chi connectivity index (χ4n) is 2.89. The second kappa shape index (κ2) is 7.63. The monoisotopic (exact) mass is 354 g/mol. The van der Waals surface area contributed by atoms with Crippen LogP contribution < -0.4 is 11.1 Å². The van der Waals surface area contributed by atoms with Crippen molar-refractivity contribution in [3.63, 3.8) is 0 Å². The van der Waals surface area contributed by atoms with Crippen LogP contribution in [0.25, 0.3) is 11.3 Å². The fourth-order valence-corrected chi connectivity index (χ4v) is 3.68. The van der Waals surface area contributed by atoms with Crippen molar-refractivity contribution in [1.29, 1.82) is 0 Å². The Morgan fingerprint density at radius 2 is 2.12 bits per heavy atom. The highest BCUT2D eigenvalue weighted by atomic mass is 32.1. The van der Waals surface area contributed by atoms with Crippen LogP contribution in [0, 0.1) is 6.92 Å². The van der Waals surface area contributed by atoms with Gasteiger partial charge < -0.3 is 11.1 Å². The van der Waals surface area contributed by atoms with E-state index in [1.54, 1.807) is 0 Å². The molecule has 0 aliphatic heterocycles. The quantitative estimate of drug-likeness (QED) is 0.715. The van der Waals surface area contributed by atoms with Gasteiger partial charge in [0.1, 0.15) is 0 Å². The van der Waals surface area contributed by atoms with Crippen LogP contribution >= 0.6 is 11.3 Å². The number of nitrogens with one attached hydrogen (secondary N) is 1. The minimum Gasteiger partial charge on any atom is -0.347 e. The Kier molecular flexibility index (Phi) is 5.31. The van der Waals surface area contributed by atoms with Gasteiger partial charge in [-0.1, -0.05) is 30.3 Å². The smallest absolute Gasteiger partial charge is 0.261 e. The number of benzene rings is 1. The molecule has 0 spiro atoms. The molecule has 2 heterocycles. The average molecular weight is 354 g/mol. The third-order valence-electron chi connectivity index (χ3n) is 4.16. The topological polar surface area (TPSA) is 72.9 Å². The summed E-state index contributed by atoms with van der Waals surface area (Å²) >= 11 is 1.44. The van der Waals surface area contributed by atoms with Crippen LogP contribution in [-0.4, -0.2) is 28.3 Å². The van der Waals surface area contributed by atoms with Crippen molar-refractivity contribution in [1.82, 2.24) is 15.1 Å². The molecule has 0 aliphatic carbocycles. The summed E-state index contributed by atoms with van der Waals surface area (Å²) in [6, 6.07) is 11.9. The predicted octanol–water partition coefficient (Wildman–Crippen LogP) is 2.76. The Bertz CT molecular complexity index is 834. The van der Waals surface area contributed by atoms with E-state index in [9.17, 15) is 4.79 Å². The first kappa shape index (κ1) is 17.4. The minimum atomic E-state index is -0.0844. The maximum absolute atomic E-state index is 12.6. The van der Waals surface area contributed by atoms with Gasteiger partial charge in [0.05, 0.1) is 16.8 Å². The molecule has 0 aliphatic rings. The summed E-state index contributed by atoms with van der Waals surface area (Å²) in [5.74, 6) is -0.0811. The molecule has 3 aromatic rings. The highest BCUT2D eigenvalue weighted by Crippen LogP contribution is 2.27. The SMILES string of the molecule is Cc1cnn(C)c1-c1csc(C(=O)NC(CN)Cc2ccccc2)c1. The lowest BCUT2D eigenvalue weighted by molar-refractivity contribution is 0.0942. The van der Waals surface area contributed by atoms with E-state index in [0.29, 0.717) is 11.4 Å².